The maximum absolute atomic E-state index is 8.72. The van der Waals surface area contributed by atoms with Gasteiger partial charge in [-0.3, -0.25) is 0 Å². The topological polar surface area (TPSA) is 79.9 Å². The molecule has 0 radical (unpaired) electrons. The number of nitrogens with zero attached hydrogens (tertiary/aromatic N) is 1. The van der Waals surface area contributed by atoms with Crippen molar-refractivity contribution in [2.24, 2.45) is 22.2 Å². The Hall–Kier alpha value is -0.810. The Kier molecular flexibility index (Phi) is 7.30. The van der Waals surface area contributed by atoms with E-state index < -0.39 is 0 Å². The quantitative estimate of drug-likeness (QED) is 0.200. The van der Waals surface area contributed by atoms with Crippen molar-refractivity contribution in [2.75, 3.05) is 19.7 Å². The molecule has 5 nitrogen and oxygen atoms in total. The molecule has 0 saturated carbocycles. The van der Waals surface area contributed by atoms with Gasteiger partial charge in [-0.2, -0.15) is 0 Å². The zero-order chi connectivity index (χ0) is 15.0. The van der Waals surface area contributed by atoms with Gasteiger partial charge in [0.25, 0.3) is 0 Å². The van der Waals surface area contributed by atoms with Gasteiger partial charge >= 0.3 is 0 Å². The molecular weight excluding hydrogens is 254 g/mol. The lowest BCUT2D eigenvalue weighted by molar-refractivity contribution is 0.0873. The first-order valence-electron chi connectivity index (χ1n) is 7.81. The zero-order valence-electron chi connectivity index (χ0n) is 13.2. The van der Waals surface area contributed by atoms with Crippen LogP contribution in [0.1, 0.15) is 52.9 Å². The van der Waals surface area contributed by atoms with Crippen molar-refractivity contribution in [1.82, 2.24) is 5.32 Å². The predicted molar refractivity (Wildman–Crippen MR) is 82.0 cm³/mol. The summed E-state index contributed by atoms with van der Waals surface area (Å²) < 4.78 is 5.69. The van der Waals surface area contributed by atoms with E-state index >= 15 is 0 Å². The Morgan fingerprint density at radius 2 is 2.20 bits per heavy atom. The first-order chi connectivity index (χ1) is 9.51. The molecule has 5 heteroatoms. The summed E-state index contributed by atoms with van der Waals surface area (Å²) in [4.78, 5) is 0. The van der Waals surface area contributed by atoms with E-state index in [9.17, 15) is 0 Å². The summed E-state index contributed by atoms with van der Waals surface area (Å²) in [5, 5.41) is 15.4. The molecule has 0 aliphatic carbocycles. The van der Waals surface area contributed by atoms with E-state index in [0.717, 1.165) is 45.4 Å². The molecule has 1 heterocycles. The minimum Gasteiger partial charge on any atom is -0.409 e. The smallest absolute Gasteiger partial charge is 0.144 e. The number of hydrogen-bond donors (Lipinski definition) is 3. The van der Waals surface area contributed by atoms with Gasteiger partial charge < -0.3 is 21.0 Å². The number of nitrogens with two attached hydrogens (primary N) is 1. The molecule has 2 atom stereocenters. The SMILES string of the molecule is CCC1OCCC1CNCCCCC(C)(C)C(N)=NO. The van der Waals surface area contributed by atoms with Gasteiger partial charge in [-0.25, -0.2) is 0 Å². The summed E-state index contributed by atoms with van der Waals surface area (Å²) in [6.45, 7) is 9.21. The molecule has 1 aliphatic heterocycles. The molecule has 0 aromatic heterocycles. The number of nitrogens with one attached hydrogen (secondary N) is 1. The van der Waals surface area contributed by atoms with E-state index in [4.69, 9.17) is 15.7 Å². The van der Waals surface area contributed by atoms with E-state index in [0.29, 0.717) is 17.9 Å². The lowest BCUT2D eigenvalue weighted by atomic mass is 9.86. The Morgan fingerprint density at radius 1 is 1.45 bits per heavy atom. The van der Waals surface area contributed by atoms with Crippen LogP contribution in [0, 0.1) is 11.3 Å². The van der Waals surface area contributed by atoms with Crippen LogP contribution in [0.25, 0.3) is 0 Å². The first-order valence-corrected chi connectivity index (χ1v) is 7.81. The Labute approximate surface area is 122 Å². The molecule has 1 fully saturated rings. The Bertz CT molecular complexity index is 305. The minimum atomic E-state index is -0.221. The number of oxime groups is 1. The van der Waals surface area contributed by atoms with Crippen molar-refractivity contribution in [2.45, 2.75) is 59.0 Å². The molecule has 1 saturated heterocycles. The number of ether oxygens (including phenoxy) is 1. The number of amidine groups is 1. The van der Waals surface area contributed by atoms with Crippen LogP contribution >= 0.6 is 0 Å². The third-order valence-corrected chi connectivity index (χ3v) is 4.36. The molecule has 118 valence electrons. The van der Waals surface area contributed by atoms with Crippen molar-refractivity contribution in [3.63, 3.8) is 0 Å². The molecule has 4 N–H and O–H groups in total. The minimum absolute atomic E-state index is 0.221. The zero-order valence-corrected chi connectivity index (χ0v) is 13.2. The van der Waals surface area contributed by atoms with E-state index in [-0.39, 0.29) is 5.41 Å². The van der Waals surface area contributed by atoms with Crippen LogP contribution in [-0.2, 0) is 4.74 Å². The highest BCUT2D eigenvalue weighted by atomic mass is 16.5. The van der Waals surface area contributed by atoms with Crippen LogP contribution in [-0.4, -0.2) is 36.8 Å². The highest BCUT2D eigenvalue weighted by Gasteiger charge is 2.26. The van der Waals surface area contributed by atoms with Crippen molar-refractivity contribution in [3.05, 3.63) is 0 Å². The summed E-state index contributed by atoms with van der Waals surface area (Å²) >= 11 is 0. The molecule has 2 unspecified atom stereocenters. The number of rotatable bonds is 9. The van der Waals surface area contributed by atoms with E-state index in [1.54, 1.807) is 0 Å². The Morgan fingerprint density at radius 3 is 2.85 bits per heavy atom. The monoisotopic (exact) mass is 285 g/mol. The molecular formula is C15H31N3O2. The highest BCUT2D eigenvalue weighted by molar-refractivity contribution is 5.85. The molecule has 20 heavy (non-hydrogen) atoms. The van der Waals surface area contributed by atoms with E-state index in [1.807, 2.05) is 13.8 Å². The average molecular weight is 285 g/mol. The van der Waals surface area contributed by atoms with Crippen molar-refractivity contribution < 1.29 is 9.94 Å². The van der Waals surface area contributed by atoms with Gasteiger partial charge in [0.15, 0.2) is 0 Å². The third kappa shape index (κ3) is 5.29. The molecule has 1 rings (SSSR count). The lowest BCUT2D eigenvalue weighted by Gasteiger charge is -2.22. The Balaban J connectivity index is 2.08. The fourth-order valence-corrected chi connectivity index (χ4v) is 2.75. The fourth-order valence-electron chi connectivity index (χ4n) is 2.75. The van der Waals surface area contributed by atoms with Crippen LogP contribution in [0.5, 0.6) is 0 Å². The molecule has 1 aliphatic rings. The van der Waals surface area contributed by atoms with Gasteiger partial charge in [0.1, 0.15) is 5.84 Å². The van der Waals surface area contributed by atoms with Gasteiger partial charge in [0, 0.05) is 18.6 Å². The number of hydrogen-bond acceptors (Lipinski definition) is 4. The second-order valence-electron chi connectivity index (χ2n) is 6.40. The molecule has 0 amide bonds. The van der Waals surface area contributed by atoms with E-state index in [2.05, 4.69) is 17.4 Å². The number of unbranched alkanes of at least 4 members (excludes halogenated alkanes) is 1. The lowest BCUT2D eigenvalue weighted by Crippen LogP contribution is -2.32. The molecule has 0 bridgehead atoms. The average Bonchev–Trinajstić information content (AvgIpc) is 2.89. The summed E-state index contributed by atoms with van der Waals surface area (Å²) in [7, 11) is 0. The first kappa shape index (κ1) is 17.2. The van der Waals surface area contributed by atoms with Gasteiger partial charge in [0.2, 0.25) is 0 Å². The third-order valence-electron chi connectivity index (χ3n) is 4.36. The normalized spacial score (nSPS) is 24.2. The van der Waals surface area contributed by atoms with Gasteiger partial charge in [0.05, 0.1) is 6.10 Å². The van der Waals surface area contributed by atoms with Crippen LogP contribution in [0.2, 0.25) is 0 Å². The van der Waals surface area contributed by atoms with Gasteiger partial charge in [-0.05, 0) is 38.1 Å². The second-order valence-corrected chi connectivity index (χ2v) is 6.40. The standard InChI is InChI=1S/C15H31N3O2/c1-4-13-12(7-10-20-13)11-17-9-6-5-8-15(2,3)14(16)18-19/h12-13,17,19H,4-11H2,1-3H3,(H2,16,18). The molecule has 0 aromatic carbocycles. The van der Waals surface area contributed by atoms with Crippen LogP contribution in [0.4, 0.5) is 0 Å². The second kappa shape index (κ2) is 8.47. The van der Waals surface area contributed by atoms with Crippen molar-refractivity contribution in [1.29, 1.82) is 0 Å². The summed E-state index contributed by atoms with van der Waals surface area (Å²) in [6, 6.07) is 0. The molecule has 0 aromatic rings. The molecule has 0 spiro atoms. The maximum atomic E-state index is 8.72. The van der Waals surface area contributed by atoms with Crippen LogP contribution < -0.4 is 11.1 Å². The maximum Gasteiger partial charge on any atom is 0.144 e. The van der Waals surface area contributed by atoms with Crippen molar-refractivity contribution in [3.8, 4) is 0 Å². The fraction of sp³-hybridized carbons (Fsp3) is 0.933. The van der Waals surface area contributed by atoms with Crippen LogP contribution in [0.15, 0.2) is 5.16 Å². The highest BCUT2D eigenvalue weighted by Crippen LogP contribution is 2.24. The van der Waals surface area contributed by atoms with Gasteiger partial charge in [-0.1, -0.05) is 32.3 Å². The summed E-state index contributed by atoms with van der Waals surface area (Å²) in [5.74, 6) is 0.993. The largest absolute Gasteiger partial charge is 0.409 e. The predicted octanol–water partition coefficient (Wildman–Crippen LogP) is 2.33. The van der Waals surface area contributed by atoms with Gasteiger partial charge in [-0.15, -0.1) is 0 Å². The summed E-state index contributed by atoms with van der Waals surface area (Å²) in [5.41, 5.74) is 5.45. The van der Waals surface area contributed by atoms with E-state index in [1.165, 1.54) is 6.42 Å². The summed E-state index contributed by atoms with van der Waals surface area (Å²) in [6.07, 6.45) is 5.88. The van der Waals surface area contributed by atoms with Crippen molar-refractivity contribution >= 4 is 5.84 Å². The van der Waals surface area contributed by atoms with Crippen LogP contribution in [0.3, 0.4) is 0 Å².